The first-order valence-corrected chi connectivity index (χ1v) is 9.74. The maximum Gasteiger partial charge on any atom is 0.417 e. The number of fused-ring (bicyclic) bond motifs is 1. The summed E-state index contributed by atoms with van der Waals surface area (Å²) >= 11 is 0. The summed E-state index contributed by atoms with van der Waals surface area (Å²) in [6.45, 7) is 0. The van der Waals surface area contributed by atoms with Gasteiger partial charge in [-0.05, 0) is 54.0 Å². The van der Waals surface area contributed by atoms with E-state index >= 15 is 0 Å². The van der Waals surface area contributed by atoms with Gasteiger partial charge in [0, 0.05) is 18.0 Å². The smallest absolute Gasteiger partial charge is 0.380 e. The number of hydrogen-bond donors (Lipinski definition) is 1. The van der Waals surface area contributed by atoms with E-state index in [1.165, 1.54) is 30.5 Å². The standard InChI is InChI=1S/C23H19F6NO/c24-22(25,26)18-7-3-2-6-17(18)20(10-11-20)14-21(31,23(27,28)29)13-15-9-12-30-19-8-4-1-5-16(15)19/h1-9,12,31H,10-11,13-14H2. The molecule has 4 rings (SSSR count). The Labute approximate surface area is 174 Å². The van der Waals surface area contributed by atoms with E-state index in [2.05, 4.69) is 4.98 Å². The predicted molar refractivity (Wildman–Crippen MR) is 103 cm³/mol. The lowest BCUT2D eigenvalue weighted by Crippen LogP contribution is -2.49. The monoisotopic (exact) mass is 439 g/mol. The van der Waals surface area contributed by atoms with Crippen LogP contribution < -0.4 is 0 Å². The van der Waals surface area contributed by atoms with Crippen LogP contribution in [0.1, 0.15) is 36.0 Å². The van der Waals surface area contributed by atoms with E-state index < -0.39 is 41.8 Å². The molecule has 0 bridgehead atoms. The van der Waals surface area contributed by atoms with Crippen LogP contribution in [0.4, 0.5) is 26.3 Å². The second kappa shape index (κ2) is 7.22. The second-order valence-corrected chi connectivity index (χ2v) is 8.19. The topological polar surface area (TPSA) is 33.1 Å². The minimum atomic E-state index is -5.03. The highest BCUT2D eigenvalue weighted by atomic mass is 19.4. The molecule has 3 aromatic rings. The van der Waals surface area contributed by atoms with Crippen LogP contribution in [0.3, 0.4) is 0 Å². The van der Waals surface area contributed by atoms with Gasteiger partial charge < -0.3 is 5.11 Å². The van der Waals surface area contributed by atoms with E-state index in [1.54, 1.807) is 24.3 Å². The number of rotatable bonds is 5. The largest absolute Gasteiger partial charge is 0.417 e. The first kappa shape index (κ1) is 21.6. The molecule has 0 radical (unpaired) electrons. The molecule has 8 heteroatoms. The lowest BCUT2D eigenvalue weighted by molar-refractivity contribution is -0.264. The number of benzene rings is 2. The maximum absolute atomic E-state index is 14.1. The molecule has 0 spiro atoms. The highest BCUT2D eigenvalue weighted by Crippen LogP contribution is 2.58. The van der Waals surface area contributed by atoms with Gasteiger partial charge in [0.1, 0.15) is 0 Å². The summed E-state index contributed by atoms with van der Waals surface area (Å²) in [5, 5.41) is 11.3. The zero-order chi connectivity index (χ0) is 22.5. The van der Waals surface area contributed by atoms with E-state index in [0.29, 0.717) is 10.9 Å². The molecule has 1 N–H and O–H groups in total. The van der Waals surface area contributed by atoms with E-state index in [1.807, 2.05) is 0 Å². The van der Waals surface area contributed by atoms with Crippen molar-refractivity contribution < 1.29 is 31.4 Å². The minimum absolute atomic E-state index is 0.148. The van der Waals surface area contributed by atoms with Crippen molar-refractivity contribution in [2.45, 2.75) is 49.1 Å². The maximum atomic E-state index is 14.1. The van der Waals surface area contributed by atoms with Gasteiger partial charge in [-0.25, -0.2) is 0 Å². The van der Waals surface area contributed by atoms with Crippen LogP contribution in [-0.4, -0.2) is 21.9 Å². The molecule has 1 saturated carbocycles. The Balaban J connectivity index is 1.75. The fourth-order valence-corrected chi connectivity index (χ4v) is 4.33. The molecule has 1 aliphatic rings. The lowest BCUT2D eigenvalue weighted by atomic mass is 9.78. The number of nitrogens with zero attached hydrogens (tertiary/aromatic N) is 1. The molecule has 1 aliphatic carbocycles. The Morgan fingerprint density at radius 3 is 2.16 bits per heavy atom. The number of para-hydroxylation sites is 1. The van der Waals surface area contributed by atoms with Crippen molar-refractivity contribution in [3.63, 3.8) is 0 Å². The summed E-state index contributed by atoms with van der Waals surface area (Å²) in [6, 6.07) is 12.7. The van der Waals surface area contributed by atoms with Crippen LogP contribution in [0.15, 0.2) is 60.8 Å². The molecule has 0 saturated heterocycles. The van der Waals surface area contributed by atoms with Gasteiger partial charge in [-0.3, -0.25) is 4.98 Å². The Kier molecular flexibility index (Phi) is 5.04. The molecular formula is C23H19F6NO. The third-order valence-corrected chi connectivity index (χ3v) is 6.04. The van der Waals surface area contributed by atoms with Gasteiger partial charge in [-0.2, -0.15) is 26.3 Å². The van der Waals surface area contributed by atoms with Crippen molar-refractivity contribution in [2.24, 2.45) is 0 Å². The fourth-order valence-electron chi connectivity index (χ4n) is 4.33. The van der Waals surface area contributed by atoms with Crippen LogP contribution in [0.25, 0.3) is 10.9 Å². The Morgan fingerprint density at radius 2 is 1.52 bits per heavy atom. The third kappa shape index (κ3) is 4.01. The zero-order valence-corrected chi connectivity index (χ0v) is 16.3. The SMILES string of the molecule is OC(Cc1ccnc2ccccc12)(CC1(c2ccccc2C(F)(F)F)CC1)C(F)(F)F. The molecule has 1 aromatic heterocycles. The summed E-state index contributed by atoms with van der Waals surface area (Å²) in [5.74, 6) is 0. The summed E-state index contributed by atoms with van der Waals surface area (Å²) in [5.41, 5.74) is -4.99. The van der Waals surface area contributed by atoms with Crippen molar-refractivity contribution >= 4 is 10.9 Å². The molecule has 2 aromatic carbocycles. The lowest BCUT2D eigenvalue weighted by Gasteiger charge is -2.35. The van der Waals surface area contributed by atoms with Crippen molar-refractivity contribution in [1.82, 2.24) is 4.98 Å². The summed E-state index contributed by atoms with van der Waals surface area (Å²) < 4.78 is 82.8. The molecule has 2 nitrogen and oxygen atoms in total. The zero-order valence-electron chi connectivity index (χ0n) is 16.3. The van der Waals surface area contributed by atoms with Crippen LogP contribution in [0.2, 0.25) is 0 Å². The number of halogens is 6. The highest BCUT2D eigenvalue weighted by Gasteiger charge is 2.61. The minimum Gasteiger partial charge on any atom is -0.380 e. The van der Waals surface area contributed by atoms with E-state index in [9.17, 15) is 31.4 Å². The molecule has 1 heterocycles. The van der Waals surface area contributed by atoms with Crippen molar-refractivity contribution in [3.05, 3.63) is 77.5 Å². The van der Waals surface area contributed by atoms with Gasteiger partial charge in [0.05, 0.1) is 11.1 Å². The number of hydrogen-bond acceptors (Lipinski definition) is 2. The molecule has 1 atom stereocenters. The average Bonchev–Trinajstić information content (AvgIpc) is 3.47. The van der Waals surface area contributed by atoms with Crippen LogP contribution in [0, 0.1) is 0 Å². The predicted octanol–water partition coefficient (Wildman–Crippen LogP) is 6.21. The fraction of sp³-hybridized carbons (Fsp3) is 0.348. The van der Waals surface area contributed by atoms with Crippen LogP contribution >= 0.6 is 0 Å². The molecule has 0 amide bonds. The van der Waals surface area contributed by atoms with Gasteiger partial charge in [-0.15, -0.1) is 0 Å². The summed E-state index contributed by atoms with van der Waals surface area (Å²) in [7, 11) is 0. The first-order chi connectivity index (χ1) is 14.5. The van der Waals surface area contributed by atoms with E-state index in [0.717, 1.165) is 6.07 Å². The van der Waals surface area contributed by atoms with E-state index in [-0.39, 0.29) is 24.0 Å². The van der Waals surface area contributed by atoms with Crippen LogP contribution in [0.5, 0.6) is 0 Å². The number of aliphatic hydroxyl groups is 1. The molecular weight excluding hydrogens is 420 g/mol. The number of pyridine rings is 1. The molecule has 0 aliphatic heterocycles. The Morgan fingerprint density at radius 1 is 0.871 bits per heavy atom. The van der Waals surface area contributed by atoms with Gasteiger partial charge in [0.2, 0.25) is 0 Å². The van der Waals surface area contributed by atoms with Gasteiger partial charge in [-0.1, -0.05) is 36.4 Å². The quantitative estimate of drug-likeness (QED) is 0.480. The molecule has 31 heavy (non-hydrogen) atoms. The number of aromatic nitrogens is 1. The molecule has 164 valence electrons. The van der Waals surface area contributed by atoms with Crippen molar-refractivity contribution in [2.75, 3.05) is 0 Å². The summed E-state index contributed by atoms with van der Waals surface area (Å²) in [4.78, 5) is 4.12. The Hall–Kier alpha value is -2.61. The molecule has 1 unspecified atom stereocenters. The second-order valence-electron chi connectivity index (χ2n) is 8.19. The average molecular weight is 439 g/mol. The van der Waals surface area contributed by atoms with Gasteiger partial charge in [0.25, 0.3) is 0 Å². The Bertz CT molecular complexity index is 1100. The third-order valence-electron chi connectivity index (χ3n) is 6.04. The highest BCUT2D eigenvalue weighted by molar-refractivity contribution is 5.81. The summed E-state index contributed by atoms with van der Waals surface area (Å²) in [6.07, 6.45) is -9.67. The van der Waals surface area contributed by atoms with Crippen LogP contribution in [-0.2, 0) is 18.0 Å². The number of alkyl halides is 6. The molecule has 1 fully saturated rings. The van der Waals surface area contributed by atoms with Gasteiger partial charge >= 0.3 is 12.4 Å². The first-order valence-electron chi connectivity index (χ1n) is 9.74. The normalized spacial score (nSPS) is 18.0. The van der Waals surface area contributed by atoms with E-state index in [4.69, 9.17) is 0 Å². The van der Waals surface area contributed by atoms with Gasteiger partial charge in [0.15, 0.2) is 5.60 Å². The van der Waals surface area contributed by atoms with Crippen molar-refractivity contribution in [1.29, 1.82) is 0 Å². The van der Waals surface area contributed by atoms with Crippen molar-refractivity contribution in [3.8, 4) is 0 Å².